The molecule has 1 heterocycles. The maximum atomic E-state index is 12.2. The number of hydrogen-bond donors (Lipinski definition) is 2. The van der Waals surface area contributed by atoms with Crippen molar-refractivity contribution in [1.29, 1.82) is 0 Å². The molecule has 0 aliphatic rings. The van der Waals surface area contributed by atoms with Gasteiger partial charge in [0.1, 0.15) is 0 Å². The van der Waals surface area contributed by atoms with E-state index in [2.05, 4.69) is 27.2 Å². The van der Waals surface area contributed by atoms with Crippen molar-refractivity contribution < 1.29 is 4.79 Å². The first-order valence-corrected chi connectivity index (χ1v) is 6.66. The smallest absolute Gasteiger partial charge is 0.258 e. The molecule has 0 unspecified atom stereocenters. The Morgan fingerprint density at radius 1 is 1.29 bits per heavy atom. The van der Waals surface area contributed by atoms with Crippen molar-refractivity contribution in [2.75, 3.05) is 17.2 Å². The third kappa shape index (κ3) is 3.66. The molecule has 2 N–H and O–H groups in total. The van der Waals surface area contributed by atoms with Crippen LogP contribution >= 0.6 is 0 Å². The Balaban J connectivity index is 2.09. The molecule has 0 saturated heterocycles. The van der Waals surface area contributed by atoms with Crippen molar-refractivity contribution in [2.24, 2.45) is 0 Å². The van der Waals surface area contributed by atoms with E-state index < -0.39 is 0 Å². The zero-order valence-corrected chi connectivity index (χ0v) is 12.2. The fourth-order valence-electron chi connectivity index (χ4n) is 1.78. The second-order valence-corrected chi connectivity index (χ2v) is 4.67. The lowest BCUT2D eigenvalue weighted by molar-refractivity contribution is 0.102. The minimum absolute atomic E-state index is 0.223. The number of hydrogen-bond acceptors (Lipinski definition) is 4. The van der Waals surface area contributed by atoms with Gasteiger partial charge in [-0.25, -0.2) is 9.97 Å². The van der Waals surface area contributed by atoms with Crippen LogP contribution < -0.4 is 10.6 Å². The molecule has 0 fully saturated rings. The average Bonchev–Trinajstić information content (AvgIpc) is 2.50. The molecular formula is C16H18N4O. The Morgan fingerprint density at radius 2 is 2.00 bits per heavy atom. The molecule has 2 aromatic rings. The number of carbonyl (C=O) groups excluding carboxylic acids is 1. The largest absolute Gasteiger partial charge is 0.351 e. The minimum Gasteiger partial charge on any atom is -0.351 e. The number of benzene rings is 1. The Kier molecular flexibility index (Phi) is 4.66. The van der Waals surface area contributed by atoms with E-state index in [0.717, 1.165) is 16.8 Å². The molecule has 2 rings (SSSR count). The van der Waals surface area contributed by atoms with Gasteiger partial charge in [-0.1, -0.05) is 18.2 Å². The Hall–Kier alpha value is -2.69. The number of rotatable bonds is 5. The molecule has 0 saturated carbocycles. The molecule has 1 aromatic heterocycles. The number of aryl methyl sites for hydroxylation is 1. The number of carbonyl (C=O) groups is 1. The van der Waals surface area contributed by atoms with Crippen LogP contribution in [0, 0.1) is 13.8 Å². The van der Waals surface area contributed by atoms with E-state index in [4.69, 9.17) is 0 Å². The second-order valence-electron chi connectivity index (χ2n) is 4.67. The molecule has 0 spiro atoms. The van der Waals surface area contributed by atoms with Crippen molar-refractivity contribution in [3.8, 4) is 0 Å². The van der Waals surface area contributed by atoms with Gasteiger partial charge in [-0.2, -0.15) is 0 Å². The SMILES string of the molecule is C=CCNc1ncc(C(=O)Nc2cccc(C)c2C)cn1. The van der Waals surface area contributed by atoms with Gasteiger partial charge in [-0.15, -0.1) is 6.58 Å². The van der Waals surface area contributed by atoms with E-state index >= 15 is 0 Å². The van der Waals surface area contributed by atoms with Crippen molar-refractivity contribution in [3.05, 3.63) is 59.9 Å². The van der Waals surface area contributed by atoms with Gasteiger partial charge in [0.2, 0.25) is 5.95 Å². The summed E-state index contributed by atoms with van der Waals surface area (Å²) in [6.07, 6.45) is 4.71. The summed E-state index contributed by atoms with van der Waals surface area (Å²) >= 11 is 0. The highest BCUT2D eigenvalue weighted by molar-refractivity contribution is 6.04. The number of nitrogens with zero attached hydrogens (tertiary/aromatic N) is 2. The minimum atomic E-state index is -0.223. The fourth-order valence-corrected chi connectivity index (χ4v) is 1.78. The van der Waals surface area contributed by atoms with Crippen LogP contribution in [0.4, 0.5) is 11.6 Å². The third-order valence-corrected chi connectivity index (χ3v) is 3.17. The lowest BCUT2D eigenvalue weighted by Crippen LogP contribution is -2.14. The summed E-state index contributed by atoms with van der Waals surface area (Å²) in [6.45, 7) is 8.16. The lowest BCUT2D eigenvalue weighted by atomic mass is 10.1. The number of amides is 1. The first-order chi connectivity index (χ1) is 10.1. The molecule has 0 radical (unpaired) electrons. The molecule has 5 heteroatoms. The van der Waals surface area contributed by atoms with E-state index in [1.54, 1.807) is 6.08 Å². The van der Waals surface area contributed by atoms with E-state index in [1.165, 1.54) is 12.4 Å². The first-order valence-electron chi connectivity index (χ1n) is 6.66. The average molecular weight is 282 g/mol. The van der Waals surface area contributed by atoms with Crippen LogP contribution in [0.5, 0.6) is 0 Å². The Labute approximate surface area is 124 Å². The summed E-state index contributed by atoms with van der Waals surface area (Å²) < 4.78 is 0. The maximum absolute atomic E-state index is 12.2. The van der Waals surface area contributed by atoms with Crippen LogP contribution in [0.2, 0.25) is 0 Å². The van der Waals surface area contributed by atoms with Crippen LogP contribution in [-0.2, 0) is 0 Å². The summed E-state index contributed by atoms with van der Waals surface area (Å²) in [5, 5.41) is 5.83. The van der Waals surface area contributed by atoms with Crippen LogP contribution in [0.3, 0.4) is 0 Å². The highest BCUT2D eigenvalue weighted by atomic mass is 16.1. The summed E-state index contributed by atoms with van der Waals surface area (Å²) in [7, 11) is 0. The fraction of sp³-hybridized carbons (Fsp3) is 0.188. The maximum Gasteiger partial charge on any atom is 0.258 e. The second kappa shape index (κ2) is 6.65. The van der Waals surface area contributed by atoms with Crippen LogP contribution in [0.15, 0.2) is 43.2 Å². The number of aromatic nitrogens is 2. The number of nitrogens with one attached hydrogen (secondary N) is 2. The molecular weight excluding hydrogens is 264 g/mol. The summed E-state index contributed by atoms with van der Waals surface area (Å²) in [4.78, 5) is 20.4. The summed E-state index contributed by atoms with van der Waals surface area (Å²) in [5.41, 5.74) is 3.40. The zero-order valence-electron chi connectivity index (χ0n) is 12.2. The van der Waals surface area contributed by atoms with E-state index in [1.807, 2.05) is 32.0 Å². The predicted molar refractivity (Wildman–Crippen MR) is 84.6 cm³/mol. The van der Waals surface area contributed by atoms with E-state index in [0.29, 0.717) is 18.1 Å². The van der Waals surface area contributed by atoms with Gasteiger partial charge in [-0.05, 0) is 31.0 Å². The highest BCUT2D eigenvalue weighted by Crippen LogP contribution is 2.18. The van der Waals surface area contributed by atoms with Crippen molar-refractivity contribution in [1.82, 2.24) is 9.97 Å². The molecule has 5 nitrogen and oxygen atoms in total. The summed E-state index contributed by atoms with van der Waals surface area (Å²) in [6, 6.07) is 5.80. The van der Waals surface area contributed by atoms with Gasteiger partial charge in [0, 0.05) is 24.6 Å². The first kappa shape index (κ1) is 14.7. The van der Waals surface area contributed by atoms with E-state index in [-0.39, 0.29) is 5.91 Å². The van der Waals surface area contributed by atoms with Gasteiger partial charge >= 0.3 is 0 Å². The van der Waals surface area contributed by atoms with Crippen LogP contribution in [0.25, 0.3) is 0 Å². The Bertz CT molecular complexity index is 650. The third-order valence-electron chi connectivity index (χ3n) is 3.17. The van der Waals surface area contributed by atoms with Gasteiger partial charge in [0.05, 0.1) is 5.56 Å². The van der Waals surface area contributed by atoms with Crippen LogP contribution in [-0.4, -0.2) is 22.4 Å². The molecule has 21 heavy (non-hydrogen) atoms. The lowest BCUT2D eigenvalue weighted by Gasteiger charge is -2.10. The standard InChI is InChI=1S/C16H18N4O/c1-4-8-17-16-18-9-13(10-19-16)15(21)20-14-7-5-6-11(2)12(14)3/h4-7,9-10H,1,8H2,2-3H3,(H,20,21)(H,17,18,19). The monoisotopic (exact) mass is 282 g/mol. The van der Waals surface area contributed by atoms with Gasteiger partial charge in [0.25, 0.3) is 5.91 Å². The van der Waals surface area contributed by atoms with Crippen molar-refractivity contribution in [2.45, 2.75) is 13.8 Å². The van der Waals surface area contributed by atoms with Crippen molar-refractivity contribution in [3.63, 3.8) is 0 Å². The molecule has 0 atom stereocenters. The topological polar surface area (TPSA) is 66.9 Å². The highest BCUT2D eigenvalue weighted by Gasteiger charge is 2.09. The Morgan fingerprint density at radius 3 is 2.67 bits per heavy atom. The van der Waals surface area contributed by atoms with Crippen molar-refractivity contribution >= 4 is 17.5 Å². The number of anilines is 2. The van der Waals surface area contributed by atoms with Gasteiger partial charge in [0.15, 0.2) is 0 Å². The molecule has 0 aliphatic heterocycles. The zero-order chi connectivity index (χ0) is 15.2. The van der Waals surface area contributed by atoms with Crippen LogP contribution in [0.1, 0.15) is 21.5 Å². The van der Waals surface area contributed by atoms with E-state index in [9.17, 15) is 4.79 Å². The summed E-state index contributed by atoms with van der Waals surface area (Å²) in [5.74, 6) is 0.247. The molecule has 108 valence electrons. The quantitative estimate of drug-likeness (QED) is 0.827. The normalized spacial score (nSPS) is 10.0. The van der Waals surface area contributed by atoms with Gasteiger partial charge < -0.3 is 10.6 Å². The molecule has 1 aromatic carbocycles. The molecule has 0 bridgehead atoms. The predicted octanol–water partition coefficient (Wildman–Crippen LogP) is 2.94. The molecule has 0 aliphatic carbocycles. The van der Waals surface area contributed by atoms with Gasteiger partial charge in [-0.3, -0.25) is 4.79 Å². The molecule has 1 amide bonds.